The Hall–Kier alpha value is -2.66. The lowest BCUT2D eigenvalue weighted by Crippen LogP contribution is -1.99. The van der Waals surface area contributed by atoms with E-state index in [0.717, 1.165) is 22.5 Å². The Bertz CT molecular complexity index is 775. The normalized spacial score (nSPS) is 10.8. The Morgan fingerprint density at radius 2 is 2.00 bits per heavy atom. The van der Waals surface area contributed by atoms with Crippen molar-refractivity contribution in [1.82, 2.24) is 9.38 Å². The number of hydrogen-bond donors (Lipinski definition) is 2. The molecule has 100 valence electrons. The molecule has 3 N–H and O–H groups in total. The number of carbonyl (C=O) groups is 1. The van der Waals surface area contributed by atoms with Crippen molar-refractivity contribution in [3.05, 3.63) is 59.9 Å². The van der Waals surface area contributed by atoms with Crippen molar-refractivity contribution in [2.45, 2.75) is 6.54 Å². The van der Waals surface area contributed by atoms with Crippen LogP contribution in [-0.4, -0.2) is 20.5 Å². The fourth-order valence-corrected chi connectivity index (χ4v) is 2.15. The largest absolute Gasteiger partial charge is 0.478 e. The van der Waals surface area contributed by atoms with Crippen LogP contribution in [0.5, 0.6) is 0 Å². The highest BCUT2D eigenvalue weighted by atomic mass is 16.4. The van der Waals surface area contributed by atoms with E-state index in [2.05, 4.69) is 4.98 Å². The second-order valence-corrected chi connectivity index (χ2v) is 4.48. The van der Waals surface area contributed by atoms with Crippen LogP contribution in [0.3, 0.4) is 0 Å². The first-order valence-corrected chi connectivity index (χ1v) is 6.19. The molecular formula is C15H13N3O2. The molecule has 0 bridgehead atoms. The lowest BCUT2D eigenvalue weighted by atomic mass is 10.1. The van der Waals surface area contributed by atoms with E-state index in [1.165, 1.54) is 0 Å². The Balaban J connectivity index is 2.08. The summed E-state index contributed by atoms with van der Waals surface area (Å²) in [6, 6.07) is 10.5. The number of hydrogen-bond acceptors (Lipinski definition) is 3. The molecule has 0 aliphatic heterocycles. The van der Waals surface area contributed by atoms with Crippen molar-refractivity contribution < 1.29 is 9.90 Å². The molecule has 0 saturated heterocycles. The van der Waals surface area contributed by atoms with Crippen LogP contribution >= 0.6 is 0 Å². The van der Waals surface area contributed by atoms with Crippen LogP contribution < -0.4 is 5.73 Å². The Labute approximate surface area is 115 Å². The summed E-state index contributed by atoms with van der Waals surface area (Å²) in [5, 5.41) is 8.90. The van der Waals surface area contributed by atoms with Crippen molar-refractivity contribution in [3.63, 3.8) is 0 Å². The van der Waals surface area contributed by atoms with E-state index >= 15 is 0 Å². The van der Waals surface area contributed by atoms with Gasteiger partial charge in [0.1, 0.15) is 5.65 Å². The van der Waals surface area contributed by atoms with Gasteiger partial charge >= 0.3 is 5.97 Å². The van der Waals surface area contributed by atoms with Gasteiger partial charge < -0.3 is 15.2 Å². The van der Waals surface area contributed by atoms with Crippen molar-refractivity contribution >= 4 is 11.6 Å². The lowest BCUT2D eigenvalue weighted by molar-refractivity contribution is 0.0697. The maximum Gasteiger partial charge on any atom is 0.335 e. The second-order valence-electron chi connectivity index (χ2n) is 4.48. The number of nitrogens with zero attached hydrogens (tertiary/aromatic N) is 2. The standard InChI is InChI=1S/C15H13N3O2/c16-8-12-2-1-7-18-9-13(17-14(12)18)10-3-5-11(6-4-10)15(19)20/h1-7,9H,8,16H2,(H,19,20). The average molecular weight is 267 g/mol. The van der Waals surface area contributed by atoms with Gasteiger partial charge in [0.25, 0.3) is 0 Å². The third-order valence-corrected chi connectivity index (χ3v) is 3.21. The molecule has 3 rings (SSSR count). The minimum atomic E-state index is -0.933. The zero-order chi connectivity index (χ0) is 14.1. The van der Waals surface area contributed by atoms with Crippen LogP contribution in [0, 0.1) is 0 Å². The number of carboxylic acids is 1. The first kappa shape index (κ1) is 12.4. The molecule has 0 aliphatic rings. The summed E-state index contributed by atoms with van der Waals surface area (Å²) in [6.07, 6.45) is 3.82. The molecule has 0 fully saturated rings. The number of benzene rings is 1. The molecule has 2 heterocycles. The van der Waals surface area contributed by atoms with Crippen molar-refractivity contribution in [3.8, 4) is 11.3 Å². The predicted molar refractivity (Wildman–Crippen MR) is 75.5 cm³/mol. The molecule has 2 aromatic heterocycles. The summed E-state index contributed by atoms with van der Waals surface area (Å²) in [4.78, 5) is 15.4. The highest BCUT2D eigenvalue weighted by Gasteiger charge is 2.08. The third kappa shape index (κ3) is 2.04. The summed E-state index contributed by atoms with van der Waals surface area (Å²) < 4.78 is 1.92. The first-order chi connectivity index (χ1) is 9.69. The Kier molecular flexibility index (Phi) is 2.96. The Morgan fingerprint density at radius 3 is 2.65 bits per heavy atom. The topological polar surface area (TPSA) is 80.6 Å². The molecule has 3 aromatic rings. The zero-order valence-electron chi connectivity index (χ0n) is 10.7. The molecule has 0 unspecified atom stereocenters. The number of nitrogens with two attached hydrogens (primary N) is 1. The molecular weight excluding hydrogens is 254 g/mol. The van der Waals surface area contributed by atoms with Crippen molar-refractivity contribution in [2.75, 3.05) is 0 Å². The summed E-state index contributed by atoms with van der Waals surface area (Å²) in [5.41, 5.74) is 9.43. The van der Waals surface area contributed by atoms with Gasteiger partial charge in [0.05, 0.1) is 11.3 Å². The first-order valence-electron chi connectivity index (χ1n) is 6.19. The molecule has 0 radical (unpaired) electrons. The van der Waals surface area contributed by atoms with Gasteiger partial charge in [-0.1, -0.05) is 18.2 Å². The second kappa shape index (κ2) is 4.79. The predicted octanol–water partition coefficient (Wildman–Crippen LogP) is 2.16. The number of pyridine rings is 1. The smallest absolute Gasteiger partial charge is 0.335 e. The molecule has 0 aliphatic carbocycles. The monoisotopic (exact) mass is 267 g/mol. The van der Waals surface area contributed by atoms with Crippen molar-refractivity contribution in [2.24, 2.45) is 5.73 Å². The summed E-state index contributed by atoms with van der Waals surface area (Å²) >= 11 is 0. The van der Waals surface area contributed by atoms with Gasteiger partial charge in [-0.15, -0.1) is 0 Å². The minimum absolute atomic E-state index is 0.264. The van der Waals surface area contributed by atoms with E-state index in [1.54, 1.807) is 24.3 Å². The molecule has 20 heavy (non-hydrogen) atoms. The van der Waals surface area contributed by atoms with E-state index in [1.807, 2.05) is 28.9 Å². The SMILES string of the molecule is NCc1cccn2cc(-c3ccc(C(=O)O)cc3)nc12. The number of fused-ring (bicyclic) bond motifs is 1. The van der Waals surface area contributed by atoms with Crippen LogP contribution in [0.25, 0.3) is 16.9 Å². The summed E-state index contributed by atoms with van der Waals surface area (Å²) in [7, 11) is 0. The molecule has 5 heteroatoms. The maximum absolute atomic E-state index is 10.8. The fourth-order valence-electron chi connectivity index (χ4n) is 2.15. The Morgan fingerprint density at radius 1 is 1.25 bits per heavy atom. The molecule has 5 nitrogen and oxygen atoms in total. The number of rotatable bonds is 3. The van der Waals surface area contributed by atoms with Gasteiger partial charge in [-0.05, 0) is 18.2 Å². The summed E-state index contributed by atoms with van der Waals surface area (Å²) in [6.45, 7) is 0.429. The molecule has 0 spiro atoms. The van der Waals surface area contributed by atoms with Gasteiger partial charge in [0.15, 0.2) is 0 Å². The van der Waals surface area contributed by atoms with Crippen LogP contribution in [0.15, 0.2) is 48.8 Å². The van der Waals surface area contributed by atoms with E-state index in [4.69, 9.17) is 10.8 Å². The number of aromatic nitrogens is 2. The van der Waals surface area contributed by atoms with Crippen LogP contribution in [0.2, 0.25) is 0 Å². The molecule has 0 atom stereocenters. The van der Waals surface area contributed by atoms with Gasteiger partial charge in [0, 0.05) is 30.1 Å². The van der Waals surface area contributed by atoms with Crippen LogP contribution in [0.1, 0.15) is 15.9 Å². The van der Waals surface area contributed by atoms with Gasteiger partial charge in [-0.3, -0.25) is 0 Å². The summed E-state index contributed by atoms with van der Waals surface area (Å²) in [5.74, 6) is -0.933. The minimum Gasteiger partial charge on any atom is -0.478 e. The van der Waals surface area contributed by atoms with E-state index in [0.29, 0.717) is 6.54 Å². The molecule has 0 amide bonds. The van der Waals surface area contributed by atoms with Gasteiger partial charge in [-0.25, -0.2) is 9.78 Å². The van der Waals surface area contributed by atoms with E-state index in [-0.39, 0.29) is 5.56 Å². The van der Waals surface area contributed by atoms with Crippen molar-refractivity contribution in [1.29, 1.82) is 0 Å². The zero-order valence-corrected chi connectivity index (χ0v) is 10.7. The van der Waals surface area contributed by atoms with Crippen LogP contribution in [-0.2, 0) is 6.54 Å². The highest BCUT2D eigenvalue weighted by Crippen LogP contribution is 2.21. The van der Waals surface area contributed by atoms with Gasteiger partial charge in [0.2, 0.25) is 0 Å². The fraction of sp³-hybridized carbons (Fsp3) is 0.0667. The lowest BCUT2D eigenvalue weighted by Gasteiger charge is -1.98. The van der Waals surface area contributed by atoms with E-state index in [9.17, 15) is 4.79 Å². The van der Waals surface area contributed by atoms with Crippen LogP contribution in [0.4, 0.5) is 0 Å². The van der Waals surface area contributed by atoms with E-state index < -0.39 is 5.97 Å². The van der Waals surface area contributed by atoms with Gasteiger partial charge in [-0.2, -0.15) is 0 Å². The molecule has 0 saturated carbocycles. The quantitative estimate of drug-likeness (QED) is 0.762. The highest BCUT2D eigenvalue weighted by molar-refractivity contribution is 5.88. The molecule has 1 aromatic carbocycles. The number of aromatic carboxylic acids is 1. The maximum atomic E-state index is 10.8. The average Bonchev–Trinajstić information content (AvgIpc) is 2.91. The number of carboxylic acid groups (broad SMARTS) is 1. The third-order valence-electron chi connectivity index (χ3n) is 3.21. The number of imidazole rings is 1.